The number of nitrogens with one attached hydrogen (secondary N) is 1. The normalized spacial score (nSPS) is 14.4. The summed E-state index contributed by atoms with van der Waals surface area (Å²) in [6.07, 6.45) is 3.31. The molecule has 0 aromatic carbocycles. The molecule has 1 aliphatic rings. The lowest BCUT2D eigenvalue weighted by atomic mass is 10.2. The summed E-state index contributed by atoms with van der Waals surface area (Å²) in [7, 11) is 1.88. The van der Waals surface area contributed by atoms with Crippen molar-refractivity contribution >= 4 is 11.7 Å². The van der Waals surface area contributed by atoms with Crippen LogP contribution in [0.1, 0.15) is 42.2 Å². The smallest absolute Gasteiger partial charge is 0.254 e. The van der Waals surface area contributed by atoms with Crippen molar-refractivity contribution in [2.24, 2.45) is 0 Å². The second-order valence-electron chi connectivity index (χ2n) is 4.96. The lowest BCUT2D eigenvalue weighted by molar-refractivity contribution is 0.0785. The van der Waals surface area contributed by atoms with Gasteiger partial charge in [-0.05, 0) is 38.3 Å². The van der Waals surface area contributed by atoms with Crippen LogP contribution in [0.2, 0.25) is 0 Å². The molecule has 4 heteroatoms. The van der Waals surface area contributed by atoms with Crippen LogP contribution in [0.25, 0.3) is 0 Å². The van der Waals surface area contributed by atoms with Gasteiger partial charge in [0.1, 0.15) is 5.82 Å². The van der Waals surface area contributed by atoms with E-state index in [-0.39, 0.29) is 5.91 Å². The van der Waals surface area contributed by atoms with Crippen molar-refractivity contribution in [1.29, 1.82) is 0 Å². The van der Waals surface area contributed by atoms with E-state index in [4.69, 9.17) is 0 Å². The molecular weight excluding hydrogens is 226 g/mol. The Morgan fingerprint density at radius 1 is 1.50 bits per heavy atom. The standard InChI is InChI=1S/C14H21N3O/c1-4-7-15-13-9-11(8-10(2)16-13)14(18)17(3)12-5-6-12/h8-9,12H,4-7H2,1-3H3,(H,15,16). The van der Waals surface area contributed by atoms with Crippen LogP contribution in [0.15, 0.2) is 12.1 Å². The van der Waals surface area contributed by atoms with E-state index in [0.29, 0.717) is 6.04 Å². The Morgan fingerprint density at radius 3 is 2.83 bits per heavy atom. The Bertz CT molecular complexity index is 441. The number of hydrogen-bond donors (Lipinski definition) is 1. The molecule has 1 N–H and O–H groups in total. The van der Waals surface area contributed by atoms with Crippen LogP contribution in [-0.4, -0.2) is 35.4 Å². The fourth-order valence-electron chi connectivity index (χ4n) is 1.97. The van der Waals surface area contributed by atoms with Crippen LogP contribution in [0.4, 0.5) is 5.82 Å². The highest BCUT2D eigenvalue weighted by atomic mass is 16.2. The Morgan fingerprint density at radius 2 is 2.22 bits per heavy atom. The number of amides is 1. The van der Waals surface area contributed by atoms with E-state index in [1.807, 2.05) is 31.0 Å². The molecule has 1 heterocycles. The van der Waals surface area contributed by atoms with E-state index in [2.05, 4.69) is 17.2 Å². The number of hydrogen-bond acceptors (Lipinski definition) is 3. The van der Waals surface area contributed by atoms with Crippen molar-refractivity contribution < 1.29 is 4.79 Å². The van der Waals surface area contributed by atoms with E-state index in [0.717, 1.165) is 42.9 Å². The van der Waals surface area contributed by atoms with E-state index >= 15 is 0 Å². The van der Waals surface area contributed by atoms with Crippen LogP contribution in [0.5, 0.6) is 0 Å². The number of anilines is 1. The number of carbonyl (C=O) groups excluding carboxylic acids is 1. The summed E-state index contributed by atoms with van der Waals surface area (Å²) in [5, 5.41) is 3.23. The molecule has 1 fully saturated rings. The Balaban J connectivity index is 2.15. The maximum atomic E-state index is 12.3. The van der Waals surface area contributed by atoms with Gasteiger partial charge in [-0.15, -0.1) is 0 Å². The van der Waals surface area contributed by atoms with E-state index in [1.54, 1.807) is 0 Å². The van der Waals surface area contributed by atoms with Gasteiger partial charge in [-0.2, -0.15) is 0 Å². The molecule has 0 spiro atoms. The van der Waals surface area contributed by atoms with Gasteiger partial charge in [0.15, 0.2) is 0 Å². The zero-order valence-electron chi connectivity index (χ0n) is 11.4. The molecule has 18 heavy (non-hydrogen) atoms. The zero-order valence-corrected chi connectivity index (χ0v) is 11.4. The van der Waals surface area contributed by atoms with Crippen LogP contribution in [0.3, 0.4) is 0 Å². The first-order valence-corrected chi connectivity index (χ1v) is 6.61. The zero-order chi connectivity index (χ0) is 13.1. The predicted octanol–water partition coefficient (Wildman–Crippen LogP) is 2.45. The summed E-state index contributed by atoms with van der Waals surface area (Å²) in [4.78, 5) is 18.5. The van der Waals surface area contributed by atoms with E-state index in [1.165, 1.54) is 0 Å². The molecule has 1 saturated carbocycles. The van der Waals surface area contributed by atoms with Gasteiger partial charge < -0.3 is 10.2 Å². The molecule has 1 amide bonds. The third-order valence-electron chi connectivity index (χ3n) is 3.17. The summed E-state index contributed by atoms with van der Waals surface area (Å²) in [6, 6.07) is 4.15. The van der Waals surface area contributed by atoms with Crippen molar-refractivity contribution in [2.45, 2.75) is 39.2 Å². The van der Waals surface area contributed by atoms with Gasteiger partial charge in [0, 0.05) is 30.9 Å². The summed E-state index contributed by atoms with van der Waals surface area (Å²) in [6.45, 7) is 4.91. The molecule has 0 saturated heterocycles. The Kier molecular flexibility index (Phi) is 3.84. The van der Waals surface area contributed by atoms with Gasteiger partial charge in [0.25, 0.3) is 5.91 Å². The summed E-state index contributed by atoms with van der Waals surface area (Å²) in [5.74, 6) is 0.895. The molecule has 0 unspecified atom stereocenters. The van der Waals surface area contributed by atoms with Gasteiger partial charge >= 0.3 is 0 Å². The largest absolute Gasteiger partial charge is 0.370 e. The average Bonchev–Trinajstić information content (AvgIpc) is 3.18. The molecule has 0 atom stereocenters. The molecular formula is C14H21N3O. The average molecular weight is 247 g/mol. The molecule has 98 valence electrons. The molecule has 1 aromatic heterocycles. The highest BCUT2D eigenvalue weighted by Gasteiger charge is 2.30. The van der Waals surface area contributed by atoms with Gasteiger partial charge in [-0.3, -0.25) is 4.79 Å². The third kappa shape index (κ3) is 3.00. The van der Waals surface area contributed by atoms with Gasteiger partial charge in [-0.1, -0.05) is 6.92 Å². The maximum absolute atomic E-state index is 12.3. The first-order chi connectivity index (χ1) is 8.61. The second kappa shape index (κ2) is 5.38. The predicted molar refractivity (Wildman–Crippen MR) is 72.9 cm³/mol. The van der Waals surface area contributed by atoms with Crippen molar-refractivity contribution in [3.63, 3.8) is 0 Å². The molecule has 2 rings (SSSR count). The molecule has 1 aliphatic carbocycles. The van der Waals surface area contributed by atoms with E-state index in [9.17, 15) is 4.79 Å². The Hall–Kier alpha value is -1.58. The molecule has 0 radical (unpaired) electrons. The van der Waals surface area contributed by atoms with Crippen LogP contribution in [-0.2, 0) is 0 Å². The van der Waals surface area contributed by atoms with E-state index < -0.39 is 0 Å². The van der Waals surface area contributed by atoms with Gasteiger partial charge in [0.2, 0.25) is 0 Å². The second-order valence-corrected chi connectivity index (χ2v) is 4.96. The minimum absolute atomic E-state index is 0.0996. The number of nitrogens with zero attached hydrogens (tertiary/aromatic N) is 2. The summed E-state index contributed by atoms with van der Waals surface area (Å²) in [5.41, 5.74) is 1.61. The highest BCUT2D eigenvalue weighted by molar-refractivity contribution is 5.95. The fraction of sp³-hybridized carbons (Fsp3) is 0.571. The summed E-state index contributed by atoms with van der Waals surface area (Å²) >= 11 is 0. The van der Waals surface area contributed by atoms with Crippen molar-refractivity contribution in [3.05, 3.63) is 23.4 Å². The summed E-state index contributed by atoms with van der Waals surface area (Å²) < 4.78 is 0. The number of aromatic nitrogens is 1. The lowest BCUT2D eigenvalue weighted by Gasteiger charge is -2.17. The van der Waals surface area contributed by atoms with Crippen molar-refractivity contribution in [3.8, 4) is 0 Å². The highest BCUT2D eigenvalue weighted by Crippen LogP contribution is 2.27. The molecule has 0 aliphatic heterocycles. The topological polar surface area (TPSA) is 45.2 Å². The molecule has 0 bridgehead atoms. The van der Waals surface area contributed by atoms with Crippen molar-refractivity contribution in [2.75, 3.05) is 18.9 Å². The van der Waals surface area contributed by atoms with Gasteiger partial charge in [-0.25, -0.2) is 4.98 Å². The number of pyridine rings is 1. The quantitative estimate of drug-likeness (QED) is 0.869. The van der Waals surface area contributed by atoms with Crippen LogP contribution >= 0.6 is 0 Å². The lowest BCUT2D eigenvalue weighted by Crippen LogP contribution is -2.29. The number of carbonyl (C=O) groups is 1. The Labute approximate surface area is 108 Å². The van der Waals surface area contributed by atoms with Crippen LogP contribution in [0, 0.1) is 6.92 Å². The SMILES string of the molecule is CCCNc1cc(C(=O)N(C)C2CC2)cc(C)n1. The minimum Gasteiger partial charge on any atom is -0.370 e. The molecule has 4 nitrogen and oxygen atoms in total. The first kappa shape index (κ1) is 12.9. The molecule has 1 aromatic rings. The number of aryl methyl sites for hydroxylation is 1. The number of rotatable bonds is 5. The third-order valence-corrected chi connectivity index (χ3v) is 3.17. The maximum Gasteiger partial charge on any atom is 0.254 e. The fourth-order valence-corrected chi connectivity index (χ4v) is 1.97. The monoisotopic (exact) mass is 247 g/mol. The first-order valence-electron chi connectivity index (χ1n) is 6.61. The minimum atomic E-state index is 0.0996. The van der Waals surface area contributed by atoms with Crippen molar-refractivity contribution in [1.82, 2.24) is 9.88 Å². The van der Waals surface area contributed by atoms with Gasteiger partial charge in [0.05, 0.1) is 0 Å². The van der Waals surface area contributed by atoms with Crippen LogP contribution < -0.4 is 5.32 Å².